The summed E-state index contributed by atoms with van der Waals surface area (Å²) < 4.78 is 38.4. The molecule has 0 bridgehead atoms. The Kier molecular flexibility index (Phi) is 3.94. The number of alkyl halides is 3. The molecule has 0 radical (unpaired) electrons. The van der Waals surface area contributed by atoms with E-state index in [0.29, 0.717) is 10.6 Å². The van der Waals surface area contributed by atoms with Crippen LogP contribution in [-0.4, -0.2) is 0 Å². The summed E-state index contributed by atoms with van der Waals surface area (Å²) in [7, 11) is 0. The van der Waals surface area contributed by atoms with Gasteiger partial charge in [-0.05, 0) is 41.5 Å². The van der Waals surface area contributed by atoms with Crippen molar-refractivity contribution in [3.8, 4) is 17.2 Å². The van der Waals surface area contributed by atoms with Crippen molar-refractivity contribution in [1.82, 2.24) is 0 Å². The second kappa shape index (κ2) is 5.35. The van der Waals surface area contributed by atoms with E-state index in [1.807, 2.05) is 0 Å². The molecule has 20 heavy (non-hydrogen) atoms. The normalized spacial score (nSPS) is 11.2. The van der Waals surface area contributed by atoms with Crippen molar-refractivity contribution in [3.05, 3.63) is 57.6 Å². The summed E-state index contributed by atoms with van der Waals surface area (Å²) in [6.07, 6.45) is -4.52. The fourth-order valence-corrected chi connectivity index (χ4v) is 2.00. The van der Waals surface area contributed by atoms with Gasteiger partial charge in [0, 0.05) is 0 Å². The monoisotopic (exact) mass is 315 g/mol. The van der Waals surface area contributed by atoms with Crippen molar-refractivity contribution in [2.75, 3.05) is 0 Å². The molecular formula is C14H6Cl2F3N. The molecule has 0 aromatic heterocycles. The highest BCUT2D eigenvalue weighted by Gasteiger charge is 2.31. The molecule has 0 heterocycles. The molecule has 102 valence electrons. The van der Waals surface area contributed by atoms with E-state index in [9.17, 15) is 13.2 Å². The topological polar surface area (TPSA) is 23.8 Å². The summed E-state index contributed by atoms with van der Waals surface area (Å²) in [5, 5.41) is 9.38. The molecule has 0 saturated carbocycles. The van der Waals surface area contributed by atoms with Gasteiger partial charge in [-0.25, -0.2) is 0 Å². The number of nitrogens with zero attached hydrogens (tertiary/aromatic N) is 1. The van der Waals surface area contributed by atoms with Crippen molar-refractivity contribution in [1.29, 1.82) is 5.26 Å². The van der Waals surface area contributed by atoms with Crippen LogP contribution in [0.15, 0.2) is 36.4 Å². The van der Waals surface area contributed by atoms with Gasteiger partial charge in [-0.1, -0.05) is 29.3 Å². The van der Waals surface area contributed by atoms with Crippen molar-refractivity contribution in [2.45, 2.75) is 6.18 Å². The van der Waals surface area contributed by atoms with E-state index in [0.717, 1.165) is 12.1 Å². The first-order chi connectivity index (χ1) is 9.31. The average Bonchev–Trinajstić information content (AvgIpc) is 2.40. The van der Waals surface area contributed by atoms with Crippen LogP contribution in [0.4, 0.5) is 13.2 Å². The lowest BCUT2D eigenvalue weighted by Gasteiger charge is -2.10. The van der Waals surface area contributed by atoms with Crippen LogP contribution in [0.2, 0.25) is 10.0 Å². The molecule has 0 aliphatic rings. The Morgan fingerprint density at radius 2 is 1.60 bits per heavy atom. The lowest BCUT2D eigenvalue weighted by atomic mass is 10.00. The van der Waals surface area contributed by atoms with Gasteiger partial charge < -0.3 is 0 Å². The number of hydrogen-bond acceptors (Lipinski definition) is 1. The summed E-state index contributed by atoms with van der Waals surface area (Å²) in [5.41, 5.74) is -0.226. The summed E-state index contributed by atoms with van der Waals surface area (Å²) in [6.45, 7) is 0. The molecule has 0 unspecified atom stereocenters. The Morgan fingerprint density at radius 3 is 2.15 bits per heavy atom. The molecule has 0 fully saturated rings. The van der Waals surface area contributed by atoms with Gasteiger partial charge in [0.15, 0.2) is 0 Å². The number of halogens is 5. The van der Waals surface area contributed by atoms with Gasteiger partial charge in [0.1, 0.15) is 0 Å². The van der Waals surface area contributed by atoms with E-state index in [4.69, 9.17) is 28.5 Å². The van der Waals surface area contributed by atoms with Crippen molar-refractivity contribution < 1.29 is 13.2 Å². The van der Waals surface area contributed by atoms with Gasteiger partial charge >= 0.3 is 6.18 Å². The van der Waals surface area contributed by atoms with Crippen molar-refractivity contribution in [2.24, 2.45) is 0 Å². The Balaban J connectivity index is 2.62. The summed E-state index contributed by atoms with van der Waals surface area (Å²) in [6, 6.07) is 9.36. The fourth-order valence-electron chi connectivity index (χ4n) is 1.70. The third-order valence-electron chi connectivity index (χ3n) is 2.64. The minimum atomic E-state index is -4.52. The van der Waals surface area contributed by atoms with Crippen LogP contribution < -0.4 is 0 Å². The van der Waals surface area contributed by atoms with Crippen LogP contribution in [0.1, 0.15) is 11.1 Å². The molecule has 2 aromatic rings. The molecular weight excluding hydrogens is 310 g/mol. The minimum Gasteiger partial charge on any atom is -0.192 e. The molecule has 0 aliphatic heterocycles. The van der Waals surface area contributed by atoms with Crippen LogP contribution in [-0.2, 0) is 6.18 Å². The zero-order valence-electron chi connectivity index (χ0n) is 9.80. The molecule has 0 saturated heterocycles. The predicted octanol–water partition coefficient (Wildman–Crippen LogP) is 5.55. The van der Waals surface area contributed by atoms with Gasteiger partial charge in [0.2, 0.25) is 0 Å². The van der Waals surface area contributed by atoms with Crippen LogP contribution in [0.25, 0.3) is 11.1 Å². The maximum absolute atomic E-state index is 12.8. The fraction of sp³-hybridized carbons (Fsp3) is 0.0714. The third-order valence-corrected chi connectivity index (χ3v) is 3.38. The summed E-state index contributed by atoms with van der Waals surface area (Å²) in [5.74, 6) is 0. The maximum atomic E-state index is 12.8. The van der Waals surface area contributed by atoms with E-state index >= 15 is 0 Å². The zero-order valence-corrected chi connectivity index (χ0v) is 11.3. The third kappa shape index (κ3) is 3.06. The zero-order chi connectivity index (χ0) is 14.9. The van der Waals surface area contributed by atoms with E-state index in [1.54, 1.807) is 12.1 Å². The lowest BCUT2D eigenvalue weighted by Crippen LogP contribution is -2.05. The number of rotatable bonds is 1. The van der Waals surface area contributed by atoms with E-state index in [-0.39, 0.29) is 16.1 Å². The van der Waals surface area contributed by atoms with Gasteiger partial charge in [0.25, 0.3) is 0 Å². The van der Waals surface area contributed by atoms with Crippen molar-refractivity contribution in [3.63, 3.8) is 0 Å². The first kappa shape index (κ1) is 14.7. The highest BCUT2D eigenvalue weighted by atomic mass is 35.5. The van der Waals surface area contributed by atoms with Crippen molar-refractivity contribution >= 4 is 23.2 Å². The lowest BCUT2D eigenvalue weighted by molar-refractivity contribution is -0.137. The van der Waals surface area contributed by atoms with Crippen LogP contribution >= 0.6 is 23.2 Å². The number of hydrogen-bond donors (Lipinski definition) is 0. The SMILES string of the molecule is N#Cc1cc(-c2ccc(Cl)c(Cl)c2)cc(C(F)(F)F)c1. The highest BCUT2D eigenvalue weighted by molar-refractivity contribution is 6.42. The molecule has 6 heteroatoms. The molecule has 0 N–H and O–H groups in total. The summed E-state index contributed by atoms with van der Waals surface area (Å²) >= 11 is 11.6. The van der Waals surface area contributed by atoms with Gasteiger partial charge in [-0.3, -0.25) is 0 Å². The quantitative estimate of drug-likeness (QED) is 0.676. The number of benzene rings is 2. The minimum absolute atomic E-state index is 0.0686. The molecule has 0 aliphatic carbocycles. The molecule has 0 atom stereocenters. The Bertz CT molecular complexity index is 703. The van der Waals surface area contributed by atoms with Gasteiger partial charge in [-0.2, -0.15) is 18.4 Å². The molecule has 0 spiro atoms. The van der Waals surface area contributed by atoms with Gasteiger partial charge in [-0.15, -0.1) is 0 Å². The van der Waals surface area contributed by atoms with Gasteiger partial charge in [0.05, 0.1) is 27.2 Å². The number of nitriles is 1. The largest absolute Gasteiger partial charge is 0.416 e. The second-order valence-corrected chi connectivity index (χ2v) is 4.85. The Morgan fingerprint density at radius 1 is 0.900 bits per heavy atom. The molecule has 1 nitrogen and oxygen atoms in total. The second-order valence-electron chi connectivity index (χ2n) is 4.04. The molecule has 2 aromatic carbocycles. The highest BCUT2D eigenvalue weighted by Crippen LogP contribution is 2.35. The first-order valence-corrected chi connectivity index (χ1v) is 6.14. The molecule has 0 amide bonds. The standard InChI is InChI=1S/C14H6Cl2F3N/c15-12-2-1-9(6-13(12)16)10-3-8(7-20)4-11(5-10)14(17,18)19/h1-6H. The van der Waals surface area contributed by atoms with Crippen LogP contribution in [0.3, 0.4) is 0 Å². The average molecular weight is 316 g/mol. The molecule has 2 rings (SSSR count). The van der Waals surface area contributed by atoms with Crippen LogP contribution in [0.5, 0.6) is 0 Å². The van der Waals surface area contributed by atoms with E-state index < -0.39 is 11.7 Å². The van der Waals surface area contributed by atoms with Crippen LogP contribution in [0, 0.1) is 11.3 Å². The summed E-state index contributed by atoms with van der Waals surface area (Å²) in [4.78, 5) is 0. The first-order valence-electron chi connectivity index (χ1n) is 5.39. The Labute approximate surface area is 123 Å². The smallest absolute Gasteiger partial charge is 0.192 e. The Hall–Kier alpha value is -1.70. The predicted molar refractivity (Wildman–Crippen MR) is 71.6 cm³/mol. The van der Waals surface area contributed by atoms with E-state index in [2.05, 4.69) is 0 Å². The van der Waals surface area contributed by atoms with E-state index in [1.165, 1.54) is 18.2 Å². The maximum Gasteiger partial charge on any atom is 0.416 e.